The summed E-state index contributed by atoms with van der Waals surface area (Å²) in [5.41, 5.74) is -0.421. The third-order valence-corrected chi connectivity index (χ3v) is 5.06. The topological polar surface area (TPSA) is 60.9 Å². The van der Waals surface area contributed by atoms with Crippen LogP contribution in [0.15, 0.2) is 24.3 Å². The minimum absolute atomic E-state index is 0.00856. The fourth-order valence-electron chi connectivity index (χ4n) is 3.43. The first-order valence-corrected chi connectivity index (χ1v) is 9.53. The Balaban J connectivity index is 1.99. The molecule has 6 nitrogen and oxygen atoms in total. The van der Waals surface area contributed by atoms with E-state index in [0.29, 0.717) is 18.7 Å². The maximum Gasteiger partial charge on any atom is 0.416 e. The molecule has 1 aliphatic rings. The number of hydrogen-bond acceptors (Lipinski definition) is 3. The minimum Gasteiger partial charge on any atom is -0.342 e. The summed E-state index contributed by atoms with van der Waals surface area (Å²) in [6.07, 6.45) is -4.47. The maximum atomic E-state index is 12.9. The standard InChI is InChI=1S/C20H26F3N3O3/c1-4-25(5-2)18(28)13-24(3)19(29)15-10-17(27)26(12-15)11-14-7-6-8-16(9-14)20(21,22)23/h6-9,15H,4-5,10-13H2,1-3H3. The molecule has 29 heavy (non-hydrogen) atoms. The van der Waals surface area contributed by atoms with Crippen molar-refractivity contribution in [1.82, 2.24) is 14.7 Å². The second kappa shape index (κ2) is 9.28. The van der Waals surface area contributed by atoms with Gasteiger partial charge in [0.1, 0.15) is 0 Å². The second-order valence-corrected chi connectivity index (χ2v) is 7.13. The van der Waals surface area contributed by atoms with Crippen LogP contribution in [0.1, 0.15) is 31.4 Å². The van der Waals surface area contributed by atoms with E-state index in [9.17, 15) is 27.6 Å². The van der Waals surface area contributed by atoms with Crippen LogP contribution < -0.4 is 0 Å². The highest BCUT2D eigenvalue weighted by molar-refractivity contribution is 5.91. The molecule has 3 amide bonds. The zero-order chi connectivity index (χ0) is 21.8. The molecule has 1 aromatic carbocycles. The largest absolute Gasteiger partial charge is 0.416 e. The van der Waals surface area contributed by atoms with E-state index in [-0.39, 0.29) is 43.8 Å². The third-order valence-electron chi connectivity index (χ3n) is 5.06. The fourth-order valence-corrected chi connectivity index (χ4v) is 3.43. The number of amides is 3. The zero-order valence-corrected chi connectivity index (χ0v) is 16.8. The molecule has 2 rings (SSSR count). The Morgan fingerprint density at radius 1 is 1.21 bits per heavy atom. The van der Waals surface area contributed by atoms with Crippen LogP contribution in [-0.2, 0) is 27.1 Å². The highest BCUT2D eigenvalue weighted by atomic mass is 19.4. The van der Waals surface area contributed by atoms with Gasteiger partial charge >= 0.3 is 6.18 Å². The predicted molar refractivity (Wildman–Crippen MR) is 101 cm³/mol. The molecule has 1 aliphatic heterocycles. The van der Waals surface area contributed by atoms with Gasteiger partial charge in [-0.25, -0.2) is 0 Å². The molecule has 1 heterocycles. The van der Waals surface area contributed by atoms with Gasteiger partial charge in [-0.2, -0.15) is 13.2 Å². The van der Waals surface area contributed by atoms with Gasteiger partial charge in [-0.1, -0.05) is 12.1 Å². The van der Waals surface area contributed by atoms with Crippen LogP contribution in [0.3, 0.4) is 0 Å². The van der Waals surface area contributed by atoms with E-state index in [2.05, 4.69) is 0 Å². The SMILES string of the molecule is CCN(CC)C(=O)CN(C)C(=O)C1CC(=O)N(Cc2cccc(C(F)(F)F)c2)C1. The lowest BCUT2D eigenvalue weighted by Crippen LogP contribution is -2.43. The summed E-state index contributed by atoms with van der Waals surface area (Å²) in [4.78, 5) is 41.4. The molecule has 9 heteroatoms. The van der Waals surface area contributed by atoms with Crippen molar-refractivity contribution < 1.29 is 27.6 Å². The van der Waals surface area contributed by atoms with Crippen LogP contribution in [-0.4, -0.2) is 65.6 Å². The van der Waals surface area contributed by atoms with E-state index in [4.69, 9.17) is 0 Å². The van der Waals surface area contributed by atoms with Gasteiger partial charge in [-0.3, -0.25) is 14.4 Å². The van der Waals surface area contributed by atoms with Crippen LogP contribution in [0.4, 0.5) is 13.2 Å². The summed E-state index contributed by atoms with van der Waals surface area (Å²) in [7, 11) is 1.52. The number of halogens is 3. The number of hydrogen-bond donors (Lipinski definition) is 0. The Labute approximate surface area is 168 Å². The predicted octanol–water partition coefficient (Wildman–Crippen LogP) is 2.38. The van der Waals surface area contributed by atoms with Crippen molar-refractivity contribution in [3.63, 3.8) is 0 Å². The van der Waals surface area contributed by atoms with Gasteiger partial charge in [0, 0.05) is 39.6 Å². The first kappa shape index (κ1) is 22.7. The van der Waals surface area contributed by atoms with Crippen molar-refractivity contribution in [2.45, 2.75) is 33.0 Å². The molecule has 0 bridgehead atoms. The van der Waals surface area contributed by atoms with Crippen LogP contribution in [0.5, 0.6) is 0 Å². The smallest absolute Gasteiger partial charge is 0.342 e. The second-order valence-electron chi connectivity index (χ2n) is 7.13. The minimum atomic E-state index is -4.45. The summed E-state index contributed by atoms with van der Waals surface area (Å²) < 4.78 is 38.6. The molecule has 0 aromatic heterocycles. The van der Waals surface area contributed by atoms with Crippen LogP contribution >= 0.6 is 0 Å². The molecular formula is C20H26F3N3O3. The number of rotatable bonds is 7. The third kappa shape index (κ3) is 5.71. The van der Waals surface area contributed by atoms with E-state index < -0.39 is 17.7 Å². The normalized spacial score (nSPS) is 16.8. The van der Waals surface area contributed by atoms with Crippen molar-refractivity contribution >= 4 is 17.7 Å². The van der Waals surface area contributed by atoms with Crippen molar-refractivity contribution in [3.8, 4) is 0 Å². The molecule has 0 radical (unpaired) electrons. The molecule has 1 atom stereocenters. The Kier molecular flexibility index (Phi) is 7.26. The highest BCUT2D eigenvalue weighted by Gasteiger charge is 2.36. The molecule has 1 fully saturated rings. The summed E-state index contributed by atoms with van der Waals surface area (Å²) in [6.45, 7) is 4.86. The molecule has 1 saturated heterocycles. The van der Waals surface area contributed by atoms with Crippen molar-refractivity contribution in [3.05, 3.63) is 35.4 Å². The molecule has 0 spiro atoms. The number of carbonyl (C=O) groups excluding carboxylic acids is 3. The number of benzene rings is 1. The fraction of sp³-hybridized carbons (Fsp3) is 0.550. The van der Waals surface area contributed by atoms with Gasteiger partial charge in [-0.05, 0) is 31.5 Å². The van der Waals surface area contributed by atoms with Crippen molar-refractivity contribution in [2.75, 3.05) is 33.2 Å². The lowest BCUT2D eigenvalue weighted by atomic mass is 10.1. The van der Waals surface area contributed by atoms with E-state index in [1.54, 1.807) is 4.90 Å². The van der Waals surface area contributed by atoms with Crippen LogP contribution in [0.2, 0.25) is 0 Å². The zero-order valence-electron chi connectivity index (χ0n) is 16.8. The monoisotopic (exact) mass is 413 g/mol. The van der Waals surface area contributed by atoms with Gasteiger partial charge in [0.15, 0.2) is 0 Å². The van der Waals surface area contributed by atoms with Gasteiger partial charge in [0.2, 0.25) is 17.7 Å². The lowest BCUT2D eigenvalue weighted by Gasteiger charge is -2.25. The van der Waals surface area contributed by atoms with Gasteiger partial charge in [0.25, 0.3) is 0 Å². The summed E-state index contributed by atoms with van der Waals surface area (Å²) >= 11 is 0. The first-order chi connectivity index (χ1) is 13.6. The highest BCUT2D eigenvalue weighted by Crippen LogP contribution is 2.30. The average Bonchev–Trinajstić information content (AvgIpc) is 3.02. The van der Waals surface area contributed by atoms with E-state index in [1.165, 1.54) is 29.0 Å². The van der Waals surface area contributed by atoms with E-state index in [1.807, 2.05) is 13.8 Å². The Hall–Kier alpha value is -2.58. The van der Waals surface area contributed by atoms with Gasteiger partial charge in [-0.15, -0.1) is 0 Å². The summed E-state index contributed by atoms with van der Waals surface area (Å²) in [6, 6.07) is 4.81. The van der Waals surface area contributed by atoms with Crippen LogP contribution in [0, 0.1) is 5.92 Å². The quantitative estimate of drug-likeness (QED) is 0.690. The van der Waals surface area contributed by atoms with E-state index >= 15 is 0 Å². The molecule has 0 saturated carbocycles. The number of likely N-dealkylation sites (N-methyl/N-ethyl adjacent to an activating group) is 2. The summed E-state index contributed by atoms with van der Waals surface area (Å²) in [5, 5.41) is 0. The van der Waals surface area contributed by atoms with Crippen LogP contribution in [0.25, 0.3) is 0 Å². The Morgan fingerprint density at radius 2 is 1.86 bits per heavy atom. The Morgan fingerprint density at radius 3 is 2.45 bits per heavy atom. The van der Waals surface area contributed by atoms with Crippen molar-refractivity contribution in [1.29, 1.82) is 0 Å². The first-order valence-electron chi connectivity index (χ1n) is 9.53. The molecular weight excluding hydrogens is 387 g/mol. The number of alkyl halides is 3. The molecule has 160 valence electrons. The van der Waals surface area contributed by atoms with Gasteiger partial charge in [0.05, 0.1) is 18.0 Å². The van der Waals surface area contributed by atoms with Crippen molar-refractivity contribution in [2.24, 2.45) is 5.92 Å². The number of likely N-dealkylation sites (tertiary alicyclic amines) is 1. The number of carbonyl (C=O) groups is 3. The van der Waals surface area contributed by atoms with E-state index in [0.717, 1.165) is 12.1 Å². The lowest BCUT2D eigenvalue weighted by molar-refractivity contribution is -0.141. The molecule has 1 aromatic rings. The Bertz CT molecular complexity index is 763. The molecule has 0 N–H and O–H groups in total. The van der Waals surface area contributed by atoms with Gasteiger partial charge < -0.3 is 14.7 Å². The molecule has 1 unspecified atom stereocenters. The maximum absolute atomic E-state index is 12.9. The summed E-state index contributed by atoms with van der Waals surface area (Å²) in [5.74, 6) is -1.38. The number of nitrogens with zero attached hydrogens (tertiary/aromatic N) is 3. The molecule has 0 aliphatic carbocycles. The average molecular weight is 413 g/mol.